The van der Waals surface area contributed by atoms with E-state index in [9.17, 15) is 9.59 Å². The lowest BCUT2D eigenvalue weighted by Gasteiger charge is -2.23. The van der Waals surface area contributed by atoms with Gasteiger partial charge in [0.15, 0.2) is 5.78 Å². The van der Waals surface area contributed by atoms with E-state index in [1.807, 2.05) is 30.3 Å². The van der Waals surface area contributed by atoms with E-state index >= 15 is 0 Å². The summed E-state index contributed by atoms with van der Waals surface area (Å²) in [5.41, 5.74) is 2.80. The Morgan fingerprint density at radius 2 is 1.82 bits per heavy atom. The van der Waals surface area contributed by atoms with Crippen LogP contribution < -0.4 is 10.1 Å². The summed E-state index contributed by atoms with van der Waals surface area (Å²) in [6, 6.07) is 16.7. The van der Waals surface area contributed by atoms with Crippen LogP contribution in [0.25, 0.3) is 0 Å². The average Bonchev–Trinajstić information content (AvgIpc) is 2.74. The molecule has 1 N–H and O–H groups in total. The lowest BCUT2D eigenvalue weighted by molar-refractivity contribution is 0.0962. The normalized spacial score (nSPS) is 15.6. The third-order valence-electron chi connectivity index (χ3n) is 4.89. The molecule has 1 heterocycles. The van der Waals surface area contributed by atoms with E-state index in [-0.39, 0.29) is 23.6 Å². The monoisotopic (exact) mass is 373 g/mol. The van der Waals surface area contributed by atoms with Gasteiger partial charge in [-0.3, -0.25) is 14.9 Å². The van der Waals surface area contributed by atoms with Gasteiger partial charge in [0.1, 0.15) is 5.75 Å². The van der Waals surface area contributed by atoms with Crippen molar-refractivity contribution in [1.29, 1.82) is 0 Å². The average molecular weight is 373 g/mol. The molecule has 0 aliphatic heterocycles. The van der Waals surface area contributed by atoms with Gasteiger partial charge in [0.25, 0.3) is 5.91 Å². The van der Waals surface area contributed by atoms with Crippen molar-refractivity contribution in [2.24, 2.45) is 0 Å². The van der Waals surface area contributed by atoms with Gasteiger partial charge in [0.2, 0.25) is 5.95 Å². The molecular formula is C22H19N3O3. The summed E-state index contributed by atoms with van der Waals surface area (Å²) in [6.07, 6.45) is 2.59. The fraction of sp³-hybridized carbons (Fsp3) is 0.182. The Labute approximate surface area is 162 Å². The second-order valence-corrected chi connectivity index (χ2v) is 6.68. The van der Waals surface area contributed by atoms with Crippen LogP contribution in [0.5, 0.6) is 5.75 Å². The summed E-state index contributed by atoms with van der Waals surface area (Å²) in [4.78, 5) is 33.5. The molecular weight excluding hydrogens is 354 g/mol. The number of rotatable bonds is 4. The molecule has 4 rings (SSSR count). The van der Waals surface area contributed by atoms with Crippen LogP contribution in [0.15, 0.2) is 60.8 Å². The molecule has 2 aromatic carbocycles. The number of aromatic nitrogens is 2. The molecule has 6 nitrogen and oxygen atoms in total. The first-order valence-electron chi connectivity index (χ1n) is 9.03. The number of fused-ring (bicyclic) bond motifs is 1. The van der Waals surface area contributed by atoms with Crippen LogP contribution in [0.1, 0.15) is 44.3 Å². The van der Waals surface area contributed by atoms with E-state index in [1.54, 1.807) is 31.4 Å². The first kappa shape index (κ1) is 17.9. The fourth-order valence-electron chi connectivity index (χ4n) is 3.38. The number of benzene rings is 2. The third-order valence-corrected chi connectivity index (χ3v) is 4.89. The molecule has 1 unspecified atom stereocenters. The maximum Gasteiger partial charge on any atom is 0.258 e. The SMILES string of the molecule is COc1ccc(C(=O)Nc2ncc3c(n2)CC(c2ccccc2)CC3=O)cc1. The molecule has 6 heteroatoms. The first-order valence-corrected chi connectivity index (χ1v) is 9.03. The Hall–Kier alpha value is -3.54. The zero-order valence-corrected chi connectivity index (χ0v) is 15.4. The third kappa shape index (κ3) is 3.62. The number of nitrogens with zero attached hydrogens (tertiary/aromatic N) is 2. The standard InChI is InChI=1S/C22H19N3O3/c1-28-17-9-7-15(8-10-17)21(27)25-22-23-13-18-19(24-22)11-16(12-20(18)26)14-5-3-2-4-6-14/h2-10,13,16H,11-12H2,1H3,(H,23,24,25,27). The molecule has 0 fully saturated rings. The lowest BCUT2D eigenvalue weighted by Crippen LogP contribution is -2.22. The van der Waals surface area contributed by atoms with Gasteiger partial charge < -0.3 is 4.74 Å². The van der Waals surface area contributed by atoms with Gasteiger partial charge in [0.05, 0.1) is 18.4 Å². The molecule has 3 aromatic rings. The van der Waals surface area contributed by atoms with E-state index in [4.69, 9.17) is 4.74 Å². The van der Waals surface area contributed by atoms with E-state index in [0.29, 0.717) is 35.4 Å². The summed E-state index contributed by atoms with van der Waals surface area (Å²) >= 11 is 0. The number of amides is 1. The summed E-state index contributed by atoms with van der Waals surface area (Å²) < 4.78 is 5.10. The van der Waals surface area contributed by atoms with Gasteiger partial charge in [-0.25, -0.2) is 9.97 Å². The van der Waals surface area contributed by atoms with Crippen LogP contribution in [0.3, 0.4) is 0 Å². The molecule has 140 valence electrons. The zero-order valence-electron chi connectivity index (χ0n) is 15.4. The minimum absolute atomic E-state index is 0.0307. The first-order chi connectivity index (χ1) is 13.6. The fourth-order valence-corrected chi connectivity index (χ4v) is 3.38. The predicted molar refractivity (Wildman–Crippen MR) is 105 cm³/mol. The van der Waals surface area contributed by atoms with Crippen molar-refractivity contribution in [2.75, 3.05) is 12.4 Å². The van der Waals surface area contributed by atoms with Crippen LogP contribution >= 0.6 is 0 Å². The number of ether oxygens (including phenoxy) is 1. The molecule has 28 heavy (non-hydrogen) atoms. The quantitative estimate of drug-likeness (QED) is 0.755. The number of methoxy groups -OCH3 is 1. The van der Waals surface area contributed by atoms with Crippen molar-refractivity contribution < 1.29 is 14.3 Å². The van der Waals surface area contributed by atoms with Crippen molar-refractivity contribution in [1.82, 2.24) is 9.97 Å². The molecule has 0 spiro atoms. The highest BCUT2D eigenvalue weighted by molar-refractivity contribution is 6.03. The van der Waals surface area contributed by atoms with Gasteiger partial charge in [-0.05, 0) is 42.2 Å². The second kappa shape index (κ2) is 7.60. The van der Waals surface area contributed by atoms with Crippen molar-refractivity contribution in [3.05, 3.63) is 83.2 Å². The van der Waals surface area contributed by atoms with Crippen molar-refractivity contribution in [3.8, 4) is 5.75 Å². The largest absolute Gasteiger partial charge is 0.497 e. The molecule has 0 saturated carbocycles. The van der Waals surface area contributed by atoms with Gasteiger partial charge in [0, 0.05) is 18.2 Å². The van der Waals surface area contributed by atoms with Crippen LogP contribution in [0.2, 0.25) is 0 Å². The summed E-state index contributed by atoms with van der Waals surface area (Å²) in [5.74, 6) is 0.668. The smallest absolute Gasteiger partial charge is 0.258 e. The van der Waals surface area contributed by atoms with Crippen LogP contribution in [-0.4, -0.2) is 28.8 Å². The summed E-state index contributed by atoms with van der Waals surface area (Å²) in [6.45, 7) is 0. The number of carbonyl (C=O) groups is 2. The molecule has 1 aromatic heterocycles. The number of nitrogens with one attached hydrogen (secondary N) is 1. The Bertz CT molecular complexity index is 1020. The molecule has 1 aliphatic carbocycles. The predicted octanol–water partition coefficient (Wildman–Crippen LogP) is 3.65. The maximum atomic E-state index is 12.5. The zero-order chi connectivity index (χ0) is 19.5. The number of hydrogen-bond donors (Lipinski definition) is 1. The minimum Gasteiger partial charge on any atom is -0.497 e. The minimum atomic E-state index is -0.315. The summed E-state index contributed by atoms with van der Waals surface area (Å²) in [5, 5.41) is 2.70. The van der Waals surface area contributed by atoms with Gasteiger partial charge >= 0.3 is 0 Å². The number of Topliss-reactive ketones (excluding diaryl/α,β-unsaturated/α-hetero) is 1. The number of anilines is 1. The van der Waals surface area contributed by atoms with Crippen molar-refractivity contribution >= 4 is 17.6 Å². The number of ketones is 1. The van der Waals surface area contributed by atoms with E-state index in [0.717, 1.165) is 5.56 Å². The van der Waals surface area contributed by atoms with Gasteiger partial charge in [-0.15, -0.1) is 0 Å². The molecule has 1 amide bonds. The lowest BCUT2D eigenvalue weighted by atomic mass is 9.82. The number of carbonyl (C=O) groups excluding carboxylic acids is 2. The van der Waals surface area contributed by atoms with E-state index < -0.39 is 0 Å². The molecule has 0 radical (unpaired) electrons. The van der Waals surface area contributed by atoms with Crippen molar-refractivity contribution in [3.63, 3.8) is 0 Å². The van der Waals surface area contributed by atoms with E-state index in [1.165, 1.54) is 6.20 Å². The van der Waals surface area contributed by atoms with E-state index in [2.05, 4.69) is 15.3 Å². The van der Waals surface area contributed by atoms with Crippen LogP contribution in [-0.2, 0) is 6.42 Å². The van der Waals surface area contributed by atoms with Crippen LogP contribution in [0.4, 0.5) is 5.95 Å². The molecule has 1 atom stereocenters. The molecule has 1 aliphatic rings. The highest BCUT2D eigenvalue weighted by atomic mass is 16.5. The Kier molecular flexibility index (Phi) is 4.85. The Morgan fingerprint density at radius 1 is 1.07 bits per heavy atom. The van der Waals surface area contributed by atoms with Gasteiger partial charge in [-0.1, -0.05) is 30.3 Å². The van der Waals surface area contributed by atoms with Gasteiger partial charge in [-0.2, -0.15) is 0 Å². The van der Waals surface area contributed by atoms with Crippen LogP contribution in [0, 0.1) is 0 Å². The molecule has 0 bridgehead atoms. The highest BCUT2D eigenvalue weighted by Crippen LogP contribution is 2.31. The number of hydrogen-bond acceptors (Lipinski definition) is 5. The topological polar surface area (TPSA) is 81.2 Å². The summed E-state index contributed by atoms with van der Waals surface area (Å²) in [7, 11) is 1.57. The Morgan fingerprint density at radius 3 is 2.54 bits per heavy atom. The molecule has 0 saturated heterocycles. The Balaban J connectivity index is 1.54. The maximum absolute atomic E-state index is 12.5. The second-order valence-electron chi connectivity index (χ2n) is 6.68. The highest BCUT2D eigenvalue weighted by Gasteiger charge is 2.28. The van der Waals surface area contributed by atoms with Crippen molar-refractivity contribution in [2.45, 2.75) is 18.8 Å².